The second-order valence-electron chi connectivity index (χ2n) is 4.59. The van der Waals surface area contributed by atoms with Crippen LogP contribution < -0.4 is 5.32 Å². The molecule has 0 aliphatic heterocycles. The first kappa shape index (κ1) is 15.3. The number of nitrogens with zero attached hydrogens (tertiary/aromatic N) is 1. The van der Waals surface area contributed by atoms with Crippen LogP contribution >= 0.6 is 0 Å². The first-order chi connectivity index (χ1) is 9.90. The van der Waals surface area contributed by atoms with E-state index >= 15 is 0 Å². The van der Waals surface area contributed by atoms with E-state index in [4.69, 9.17) is 0 Å². The van der Waals surface area contributed by atoms with Gasteiger partial charge in [-0.25, -0.2) is 9.37 Å². The van der Waals surface area contributed by atoms with Gasteiger partial charge in [-0.1, -0.05) is 19.1 Å². The molecule has 1 unspecified atom stereocenters. The Hall–Kier alpha value is -2.11. The maximum atomic E-state index is 13.2. The van der Waals surface area contributed by atoms with Crippen LogP contribution in [0.15, 0.2) is 42.6 Å². The summed E-state index contributed by atoms with van der Waals surface area (Å²) >= 11 is 0. The van der Waals surface area contributed by atoms with Gasteiger partial charge in [0, 0.05) is 0 Å². The lowest BCUT2D eigenvalue weighted by atomic mass is 10.0. The predicted molar refractivity (Wildman–Crippen MR) is 72.3 cm³/mol. The predicted octanol–water partition coefficient (Wildman–Crippen LogP) is 4.80. The molecule has 1 aromatic heterocycles. The first-order valence-electron chi connectivity index (χ1n) is 6.45. The van der Waals surface area contributed by atoms with E-state index in [-0.39, 0.29) is 11.9 Å². The van der Waals surface area contributed by atoms with E-state index in [9.17, 15) is 17.6 Å². The summed E-state index contributed by atoms with van der Waals surface area (Å²) < 4.78 is 50.5. The maximum Gasteiger partial charge on any atom is 0.433 e. The normalized spacial score (nSPS) is 13.0. The van der Waals surface area contributed by atoms with Crippen LogP contribution in [0, 0.1) is 5.82 Å². The molecule has 1 heterocycles. The van der Waals surface area contributed by atoms with Crippen molar-refractivity contribution in [2.45, 2.75) is 25.6 Å². The molecule has 0 bridgehead atoms. The molecular formula is C15H14F4N2. The third kappa shape index (κ3) is 3.93. The van der Waals surface area contributed by atoms with Crippen LogP contribution in [0.2, 0.25) is 0 Å². The Morgan fingerprint density at radius 3 is 2.48 bits per heavy atom. The molecule has 0 fully saturated rings. The summed E-state index contributed by atoms with van der Waals surface area (Å²) in [5, 5.41) is 3.05. The van der Waals surface area contributed by atoms with Gasteiger partial charge < -0.3 is 5.32 Å². The minimum absolute atomic E-state index is 0.195. The van der Waals surface area contributed by atoms with Crippen molar-refractivity contribution in [3.63, 3.8) is 0 Å². The third-order valence-electron chi connectivity index (χ3n) is 3.05. The second-order valence-corrected chi connectivity index (χ2v) is 4.59. The highest BCUT2D eigenvalue weighted by Gasteiger charge is 2.32. The molecule has 0 spiro atoms. The third-order valence-corrected chi connectivity index (χ3v) is 3.05. The van der Waals surface area contributed by atoms with E-state index in [0.717, 1.165) is 17.8 Å². The fourth-order valence-corrected chi connectivity index (χ4v) is 1.99. The Morgan fingerprint density at radius 1 is 1.19 bits per heavy atom. The molecule has 2 nitrogen and oxygen atoms in total. The number of benzene rings is 1. The first-order valence-corrected chi connectivity index (χ1v) is 6.45. The van der Waals surface area contributed by atoms with Gasteiger partial charge in [0.15, 0.2) is 0 Å². The van der Waals surface area contributed by atoms with Crippen LogP contribution in [0.5, 0.6) is 0 Å². The average molecular weight is 298 g/mol. The molecule has 1 aromatic carbocycles. The van der Waals surface area contributed by atoms with Gasteiger partial charge in [0.1, 0.15) is 11.5 Å². The number of hydrogen-bond donors (Lipinski definition) is 1. The van der Waals surface area contributed by atoms with Crippen LogP contribution in [-0.4, -0.2) is 4.98 Å². The summed E-state index contributed by atoms with van der Waals surface area (Å²) in [6.45, 7) is 1.90. The van der Waals surface area contributed by atoms with E-state index in [1.165, 1.54) is 18.2 Å². The standard InChI is InChI=1S/C15H14F4N2/c1-2-13(10-4-3-5-11(16)8-10)21-12-6-7-14(20-9-12)15(17,18)19/h3-9,13,21H,2H2,1H3. The fraction of sp³-hybridized carbons (Fsp3) is 0.267. The van der Waals surface area contributed by atoms with Crippen LogP contribution in [0.1, 0.15) is 30.6 Å². The van der Waals surface area contributed by atoms with Crippen LogP contribution in [0.3, 0.4) is 0 Å². The Balaban J connectivity index is 2.15. The summed E-state index contributed by atoms with van der Waals surface area (Å²) in [6.07, 6.45) is -2.67. The fourth-order valence-electron chi connectivity index (χ4n) is 1.99. The molecule has 21 heavy (non-hydrogen) atoms. The van der Waals surface area contributed by atoms with Crippen molar-refractivity contribution < 1.29 is 17.6 Å². The van der Waals surface area contributed by atoms with Crippen molar-refractivity contribution in [3.8, 4) is 0 Å². The summed E-state index contributed by atoms with van der Waals surface area (Å²) in [6, 6.07) is 8.15. The molecule has 2 aromatic rings. The molecule has 1 atom stereocenters. The molecule has 0 radical (unpaired) electrons. The largest absolute Gasteiger partial charge is 0.433 e. The van der Waals surface area contributed by atoms with Gasteiger partial charge in [0.25, 0.3) is 0 Å². The molecule has 2 rings (SSSR count). The summed E-state index contributed by atoms with van der Waals surface area (Å²) in [7, 11) is 0. The SMILES string of the molecule is CCC(Nc1ccc(C(F)(F)F)nc1)c1cccc(F)c1. The second kappa shape index (κ2) is 6.11. The van der Waals surface area contributed by atoms with Crippen molar-refractivity contribution in [3.05, 3.63) is 59.7 Å². The van der Waals surface area contributed by atoms with Crippen LogP contribution in [0.4, 0.5) is 23.2 Å². The van der Waals surface area contributed by atoms with Gasteiger partial charge in [-0.05, 0) is 36.2 Å². The molecule has 0 aliphatic rings. The Labute approximate surface area is 119 Å². The quantitative estimate of drug-likeness (QED) is 0.820. The number of aromatic nitrogens is 1. The minimum Gasteiger partial charge on any atom is -0.377 e. The van der Waals surface area contributed by atoms with Crippen molar-refractivity contribution in [1.82, 2.24) is 4.98 Å². The lowest BCUT2D eigenvalue weighted by Gasteiger charge is -2.19. The summed E-state index contributed by atoms with van der Waals surface area (Å²) in [4.78, 5) is 3.39. The zero-order chi connectivity index (χ0) is 15.5. The van der Waals surface area contributed by atoms with E-state index in [1.807, 2.05) is 6.92 Å². The molecule has 0 saturated carbocycles. The van der Waals surface area contributed by atoms with Crippen LogP contribution in [0.25, 0.3) is 0 Å². The number of hydrogen-bond acceptors (Lipinski definition) is 2. The van der Waals surface area contributed by atoms with Gasteiger partial charge in [0.05, 0.1) is 17.9 Å². The van der Waals surface area contributed by atoms with Crippen molar-refractivity contribution >= 4 is 5.69 Å². The van der Waals surface area contributed by atoms with Crippen LogP contribution in [-0.2, 0) is 6.18 Å². The molecule has 1 N–H and O–H groups in total. The zero-order valence-electron chi connectivity index (χ0n) is 11.3. The highest BCUT2D eigenvalue weighted by molar-refractivity contribution is 5.44. The average Bonchev–Trinajstić information content (AvgIpc) is 2.44. The number of nitrogens with one attached hydrogen (secondary N) is 1. The Bertz CT molecular complexity index is 593. The number of rotatable bonds is 4. The van der Waals surface area contributed by atoms with Gasteiger partial charge >= 0.3 is 6.18 Å². The molecule has 112 valence electrons. The van der Waals surface area contributed by atoms with Gasteiger partial charge in [-0.15, -0.1) is 0 Å². The number of pyridine rings is 1. The van der Waals surface area contributed by atoms with Crippen molar-refractivity contribution in [2.75, 3.05) is 5.32 Å². The van der Waals surface area contributed by atoms with E-state index in [0.29, 0.717) is 12.1 Å². The highest BCUT2D eigenvalue weighted by Crippen LogP contribution is 2.29. The molecule has 0 saturated heterocycles. The van der Waals surface area contributed by atoms with Gasteiger partial charge in [-0.3, -0.25) is 0 Å². The molecular weight excluding hydrogens is 284 g/mol. The number of alkyl halides is 3. The monoisotopic (exact) mass is 298 g/mol. The van der Waals surface area contributed by atoms with Crippen molar-refractivity contribution in [2.24, 2.45) is 0 Å². The van der Waals surface area contributed by atoms with E-state index < -0.39 is 11.9 Å². The Morgan fingerprint density at radius 2 is 1.95 bits per heavy atom. The maximum absolute atomic E-state index is 13.2. The van der Waals surface area contributed by atoms with E-state index in [1.54, 1.807) is 12.1 Å². The Kier molecular flexibility index (Phi) is 4.45. The summed E-state index contributed by atoms with van der Waals surface area (Å²) in [5.74, 6) is -0.349. The molecule has 0 aliphatic carbocycles. The smallest absolute Gasteiger partial charge is 0.377 e. The highest BCUT2D eigenvalue weighted by atomic mass is 19.4. The van der Waals surface area contributed by atoms with E-state index in [2.05, 4.69) is 10.3 Å². The molecule has 0 amide bonds. The van der Waals surface area contributed by atoms with Gasteiger partial charge in [-0.2, -0.15) is 13.2 Å². The number of halogens is 4. The zero-order valence-corrected chi connectivity index (χ0v) is 11.3. The summed E-state index contributed by atoms with van der Waals surface area (Å²) in [5.41, 5.74) is 0.253. The topological polar surface area (TPSA) is 24.9 Å². The van der Waals surface area contributed by atoms with Gasteiger partial charge in [0.2, 0.25) is 0 Å². The lowest BCUT2D eigenvalue weighted by Crippen LogP contribution is -2.12. The molecule has 6 heteroatoms. The van der Waals surface area contributed by atoms with Crippen molar-refractivity contribution in [1.29, 1.82) is 0 Å². The lowest BCUT2D eigenvalue weighted by molar-refractivity contribution is -0.141. The minimum atomic E-state index is -4.45. The number of anilines is 1.